The molecule has 1 saturated heterocycles. The van der Waals surface area contributed by atoms with Gasteiger partial charge in [-0.25, -0.2) is 0 Å². The lowest BCUT2D eigenvalue weighted by Gasteiger charge is -2.25. The molecule has 1 fully saturated rings. The first-order valence-electron chi connectivity index (χ1n) is 9.22. The monoisotopic (exact) mass is 371 g/mol. The van der Waals surface area contributed by atoms with E-state index in [4.69, 9.17) is 0 Å². The van der Waals surface area contributed by atoms with Crippen LogP contribution in [0.15, 0.2) is 24.3 Å². The summed E-state index contributed by atoms with van der Waals surface area (Å²) in [5.74, 6) is 0.159. The molecule has 0 N–H and O–H groups in total. The van der Waals surface area contributed by atoms with Crippen LogP contribution < -0.4 is 0 Å². The Morgan fingerprint density at radius 3 is 2.15 bits per heavy atom. The van der Waals surface area contributed by atoms with E-state index < -0.39 is 11.7 Å². The number of carbonyl (C=O) groups is 1. The zero-order chi connectivity index (χ0) is 19.2. The maximum atomic E-state index is 12.6. The first kappa shape index (κ1) is 20.7. The topological polar surface area (TPSA) is 26.8 Å². The Hall–Kier alpha value is -1.60. The second-order valence-corrected chi connectivity index (χ2v) is 6.67. The Morgan fingerprint density at radius 1 is 1.00 bits per heavy atom. The van der Waals surface area contributed by atoms with Crippen molar-refractivity contribution in [2.45, 2.75) is 33.0 Å². The van der Waals surface area contributed by atoms with E-state index in [1.165, 1.54) is 0 Å². The normalized spacial score (nSPS) is 17.1. The van der Waals surface area contributed by atoms with Gasteiger partial charge in [-0.1, -0.05) is 12.1 Å². The third-order valence-corrected chi connectivity index (χ3v) is 4.84. The molecule has 146 valence electrons. The van der Waals surface area contributed by atoms with Crippen molar-refractivity contribution in [1.82, 2.24) is 14.7 Å². The highest BCUT2D eigenvalue weighted by atomic mass is 19.4. The lowest BCUT2D eigenvalue weighted by Crippen LogP contribution is -2.41. The molecule has 7 heteroatoms. The number of rotatable bonds is 6. The molecule has 1 aromatic rings. The van der Waals surface area contributed by atoms with Gasteiger partial charge in [0.05, 0.1) is 12.1 Å². The lowest BCUT2D eigenvalue weighted by atomic mass is 10.1. The predicted octanol–water partition coefficient (Wildman–Crippen LogP) is 3.08. The fourth-order valence-corrected chi connectivity index (χ4v) is 3.27. The first-order chi connectivity index (χ1) is 12.3. The average Bonchev–Trinajstić information content (AvgIpc) is 2.81. The standard InChI is InChI=1S/C19H28F3N3O/c1-3-25(4-2)18(26)15-24-11-5-10-23(12-13-24)14-16-6-8-17(9-7-16)19(20,21)22/h6-9H,3-5,10-15H2,1-2H3. The van der Waals surface area contributed by atoms with Crippen LogP contribution in [0.5, 0.6) is 0 Å². The number of alkyl halides is 3. The molecule has 0 aliphatic carbocycles. The third kappa shape index (κ3) is 5.99. The van der Waals surface area contributed by atoms with Crippen molar-refractivity contribution in [2.24, 2.45) is 0 Å². The highest BCUT2D eigenvalue weighted by molar-refractivity contribution is 5.78. The first-order valence-corrected chi connectivity index (χ1v) is 9.22. The summed E-state index contributed by atoms with van der Waals surface area (Å²) in [6.45, 7) is 9.86. The van der Waals surface area contributed by atoms with E-state index in [0.717, 1.165) is 63.4 Å². The Kier molecular flexibility index (Phi) is 7.46. The van der Waals surface area contributed by atoms with Crippen LogP contribution in [0.4, 0.5) is 13.2 Å². The molecule has 0 radical (unpaired) electrons. The van der Waals surface area contributed by atoms with Crippen molar-refractivity contribution < 1.29 is 18.0 Å². The van der Waals surface area contributed by atoms with E-state index in [9.17, 15) is 18.0 Å². The van der Waals surface area contributed by atoms with Crippen LogP contribution in [0.2, 0.25) is 0 Å². The van der Waals surface area contributed by atoms with Gasteiger partial charge in [-0.3, -0.25) is 14.6 Å². The quantitative estimate of drug-likeness (QED) is 0.769. The van der Waals surface area contributed by atoms with Crippen LogP contribution in [0.3, 0.4) is 0 Å². The number of benzene rings is 1. The van der Waals surface area contributed by atoms with Crippen LogP contribution in [0.1, 0.15) is 31.4 Å². The van der Waals surface area contributed by atoms with Crippen LogP contribution in [-0.4, -0.2) is 66.4 Å². The summed E-state index contributed by atoms with van der Waals surface area (Å²) < 4.78 is 37.9. The largest absolute Gasteiger partial charge is 0.416 e. The summed E-state index contributed by atoms with van der Waals surface area (Å²) >= 11 is 0. The summed E-state index contributed by atoms with van der Waals surface area (Å²) in [5.41, 5.74) is 0.267. The summed E-state index contributed by atoms with van der Waals surface area (Å²) in [7, 11) is 0. The fraction of sp³-hybridized carbons (Fsp3) is 0.632. The summed E-state index contributed by atoms with van der Waals surface area (Å²) in [6.07, 6.45) is -3.34. The fourth-order valence-electron chi connectivity index (χ4n) is 3.27. The number of amides is 1. The lowest BCUT2D eigenvalue weighted by molar-refractivity contribution is -0.137. The number of hydrogen-bond donors (Lipinski definition) is 0. The molecule has 0 bridgehead atoms. The van der Waals surface area contributed by atoms with Crippen molar-refractivity contribution in [3.05, 3.63) is 35.4 Å². The molecule has 1 heterocycles. The second kappa shape index (κ2) is 9.37. The molecule has 1 aliphatic rings. The molecular formula is C19H28F3N3O. The number of nitrogens with zero attached hydrogens (tertiary/aromatic N) is 3. The minimum atomic E-state index is -4.29. The highest BCUT2D eigenvalue weighted by Gasteiger charge is 2.30. The molecule has 2 rings (SSSR count). The van der Waals surface area contributed by atoms with Gasteiger partial charge in [-0.2, -0.15) is 13.2 Å². The zero-order valence-electron chi connectivity index (χ0n) is 15.6. The average molecular weight is 371 g/mol. The van der Waals surface area contributed by atoms with Gasteiger partial charge < -0.3 is 4.90 Å². The van der Waals surface area contributed by atoms with Gasteiger partial charge in [-0.15, -0.1) is 0 Å². The molecule has 0 spiro atoms. The van der Waals surface area contributed by atoms with Gasteiger partial charge in [0.25, 0.3) is 0 Å². The SMILES string of the molecule is CCN(CC)C(=O)CN1CCCN(Cc2ccc(C(F)(F)F)cc2)CC1. The minimum absolute atomic E-state index is 0.159. The van der Waals surface area contributed by atoms with Gasteiger partial charge in [0, 0.05) is 32.7 Å². The van der Waals surface area contributed by atoms with Gasteiger partial charge in [0.1, 0.15) is 0 Å². The van der Waals surface area contributed by atoms with Gasteiger partial charge in [0.15, 0.2) is 0 Å². The molecule has 0 saturated carbocycles. The van der Waals surface area contributed by atoms with E-state index in [2.05, 4.69) is 9.80 Å². The predicted molar refractivity (Wildman–Crippen MR) is 95.7 cm³/mol. The van der Waals surface area contributed by atoms with Gasteiger partial charge >= 0.3 is 6.18 Å². The summed E-state index contributed by atoms with van der Waals surface area (Å²) in [5, 5.41) is 0. The van der Waals surface area contributed by atoms with E-state index in [0.29, 0.717) is 13.1 Å². The Balaban J connectivity index is 1.85. The molecule has 1 aliphatic heterocycles. The van der Waals surface area contributed by atoms with Crippen molar-refractivity contribution in [3.8, 4) is 0 Å². The third-order valence-electron chi connectivity index (χ3n) is 4.84. The van der Waals surface area contributed by atoms with Crippen LogP contribution in [-0.2, 0) is 17.5 Å². The maximum absolute atomic E-state index is 12.6. The second-order valence-electron chi connectivity index (χ2n) is 6.67. The summed E-state index contributed by atoms with van der Waals surface area (Å²) in [6, 6.07) is 5.38. The van der Waals surface area contributed by atoms with Crippen molar-refractivity contribution >= 4 is 5.91 Å². The van der Waals surface area contributed by atoms with Crippen molar-refractivity contribution in [2.75, 3.05) is 45.8 Å². The van der Waals surface area contributed by atoms with Crippen LogP contribution in [0.25, 0.3) is 0 Å². The minimum Gasteiger partial charge on any atom is -0.342 e. The van der Waals surface area contributed by atoms with E-state index in [1.807, 2.05) is 18.7 Å². The van der Waals surface area contributed by atoms with Gasteiger partial charge in [0.2, 0.25) is 5.91 Å². The van der Waals surface area contributed by atoms with Crippen molar-refractivity contribution in [1.29, 1.82) is 0 Å². The number of carbonyl (C=O) groups excluding carboxylic acids is 1. The maximum Gasteiger partial charge on any atom is 0.416 e. The molecule has 26 heavy (non-hydrogen) atoms. The Labute approximate surface area is 153 Å². The smallest absolute Gasteiger partial charge is 0.342 e. The van der Waals surface area contributed by atoms with Crippen LogP contribution in [0, 0.1) is 0 Å². The Morgan fingerprint density at radius 2 is 1.58 bits per heavy atom. The molecule has 0 aromatic heterocycles. The van der Waals surface area contributed by atoms with E-state index in [-0.39, 0.29) is 5.91 Å². The van der Waals surface area contributed by atoms with E-state index >= 15 is 0 Å². The molecule has 0 unspecified atom stereocenters. The van der Waals surface area contributed by atoms with Crippen LogP contribution >= 0.6 is 0 Å². The van der Waals surface area contributed by atoms with Gasteiger partial charge in [-0.05, 0) is 51.1 Å². The number of hydrogen-bond acceptors (Lipinski definition) is 3. The Bertz CT molecular complexity index is 570. The molecule has 4 nitrogen and oxygen atoms in total. The molecular weight excluding hydrogens is 343 g/mol. The molecule has 1 amide bonds. The molecule has 0 atom stereocenters. The summed E-state index contributed by atoms with van der Waals surface area (Å²) in [4.78, 5) is 18.5. The number of likely N-dealkylation sites (N-methyl/N-ethyl adjacent to an activating group) is 1. The van der Waals surface area contributed by atoms with Crippen molar-refractivity contribution in [3.63, 3.8) is 0 Å². The number of halogens is 3. The zero-order valence-corrected chi connectivity index (χ0v) is 15.6. The highest BCUT2D eigenvalue weighted by Crippen LogP contribution is 2.29. The molecule has 1 aromatic carbocycles. The van der Waals surface area contributed by atoms with E-state index in [1.54, 1.807) is 12.1 Å².